The van der Waals surface area contributed by atoms with Gasteiger partial charge in [-0.05, 0) is 40.0 Å². The summed E-state index contributed by atoms with van der Waals surface area (Å²) in [6.07, 6.45) is 0. The fourth-order valence-corrected chi connectivity index (χ4v) is 0.321. The zero-order chi connectivity index (χ0) is 10.7. The third kappa shape index (κ3) is 101. The molecule has 0 aliphatic rings. The standard InChI is InChI=1S/C5H5.2C3H9P.CH3.2ClH.V/c1-2-4-5-3-1;2*1-4(2)3;;;;/h1-5H;2*1-3H3;1H3;2*1H;/q-1;;;-1;;;+4/p-2. The summed E-state index contributed by atoms with van der Waals surface area (Å²) in [6, 6.07) is 10.0. The molecule has 17 heavy (non-hydrogen) atoms. The van der Waals surface area contributed by atoms with Gasteiger partial charge in [-0.25, -0.2) is 12.1 Å². The van der Waals surface area contributed by atoms with Crippen LogP contribution in [0.1, 0.15) is 0 Å². The fraction of sp³-hybridized carbons (Fsp3) is 0.500. The predicted molar refractivity (Wildman–Crippen MR) is 77.8 cm³/mol. The molecule has 1 aromatic carbocycles. The van der Waals surface area contributed by atoms with Crippen molar-refractivity contribution in [1.82, 2.24) is 0 Å². The Labute approximate surface area is 136 Å². The zero-order valence-electron chi connectivity index (χ0n) is 12.0. The number of halogens is 2. The Hall–Kier alpha value is 1.37. The van der Waals surface area contributed by atoms with Crippen LogP contribution >= 0.6 is 15.8 Å². The van der Waals surface area contributed by atoms with E-state index in [2.05, 4.69) is 40.0 Å². The van der Waals surface area contributed by atoms with Crippen LogP contribution in [0.4, 0.5) is 0 Å². The molecule has 0 spiro atoms. The molecule has 0 amide bonds. The van der Waals surface area contributed by atoms with Gasteiger partial charge in [-0.2, -0.15) is 18.2 Å². The number of hydrogen-bond acceptors (Lipinski definition) is 0. The quantitative estimate of drug-likeness (QED) is 0.396. The first kappa shape index (κ1) is 36.2. The van der Waals surface area contributed by atoms with Crippen molar-refractivity contribution < 1.29 is 43.4 Å². The van der Waals surface area contributed by atoms with Gasteiger partial charge in [-0.3, -0.25) is 0 Å². The van der Waals surface area contributed by atoms with E-state index in [0.717, 1.165) is 0 Å². The molecule has 0 aliphatic heterocycles. The average Bonchev–Trinajstić information content (AvgIpc) is 2.35. The molecule has 103 valence electrons. The summed E-state index contributed by atoms with van der Waals surface area (Å²) in [4.78, 5) is 0. The summed E-state index contributed by atoms with van der Waals surface area (Å²) >= 11 is 0. The first-order valence-corrected chi connectivity index (χ1v) is 9.72. The minimum atomic E-state index is 0. The zero-order valence-corrected chi connectivity index (χ0v) is 16.7. The summed E-state index contributed by atoms with van der Waals surface area (Å²) in [6.45, 7) is 13.4. The first-order chi connectivity index (χ1) is 5.96. The third-order valence-corrected chi connectivity index (χ3v) is 0.556. The number of rotatable bonds is 0. The van der Waals surface area contributed by atoms with Crippen LogP contribution in [0.3, 0.4) is 0 Å². The van der Waals surface area contributed by atoms with Crippen molar-refractivity contribution in [1.29, 1.82) is 0 Å². The first-order valence-electron chi connectivity index (χ1n) is 4.35. The molecule has 0 fully saturated rings. The molecular weight excluding hydrogens is 328 g/mol. The molecule has 5 heteroatoms. The Morgan fingerprint density at radius 3 is 0.941 bits per heavy atom. The van der Waals surface area contributed by atoms with Crippen LogP contribution in [0, 0.1) is 7.43 Å². The van der Waals surface area contributed by atoms with Gasteiger partial charge in [0.25, 0.3) is 0 Å². The Bertz CT molecular complexity index is 129. The van der Waals surface area contributed by atoms with Crippen molar-refractivity contribution in [2.75, 3.05) is 40.0 Å². The van der Waals surface area contributed by atoms with E-state index in [9.17, 15) is 0 Å². The van der Waals surface area contributed by atoms with Crippen molar-refractivity contribution >= 4 is 15.8 Å². The van der Waals surface area contributed by atoms with Gasteiger partial charge >= 0.3 is 18.6 Å². The predicted octanol–water partition coefficient (Wildman–Crippen LogP) is -1.42. The van der Waals surface area contributed by atoms with E-state index < -0.39 is 0 Å². The molecule has 0 heterocycles. The third-order valence-electron chi connectivity index (χ3n) is 0.556. The second-order valence-electron chi connectivity index (χ2n) is 3.65. The van der Waals surface area contributed by atoms with Crippen molar-refractivity contribution in [3.05, 3.63) is 37.8 Å². The molecule has 0 saturated carbocycles. The summed E-state index contributed by atoms with van der Waals surface area (Å²) in [7, 11) is 0.759. The van der Waals surface area contributed by atoms with Gasteiger partial charge in [0.1, 0.15) is 0 Å². The maximum Gasteiger partial charge on any atom is 4.00 e. The van der Waals surface area contributed by atoms with E-state index in [1.807, 2.05) is 30.3 Å². The molecule has 0 N–H and O–H groups in total. The second kappa shape index (κ2) is 30.4. The van der Waals surface area contributed by atoms with E-state index in [1.165, 1.54) is 0 Å². The van der Waals surface area contributed by atoms with Gasteiger partial charge < -0.3 is 32.2 Å². The van der Waals surface area contributed by atoms with Crippen LogP contribution in [0.25, 0.3) is 0 Å². The van der Waals surface area contributed by atoms with Crippen LogP contribution in [0.5, 0.6) is 0 Å². The second-order valence-corrected chi connectivity index (χ2v) is 9.01. The molecule has 0 unspecified atom stereocenters. The maximum absolute atomic E-state index is 2.23. The van der Waals surface area contributed by atoms with Crippen molar-refractivity contribution in [3.63, 3.8) is 0 Å². The minimum Gasteiger partial charge on any atom is -1.00 e. The molecule has 1 radical (unpaired) electrons. The minimum absolute atomic E-state index is 0. The molecule has 0 atom stereocenters. The SMILES string of the molecule is CP(C)C.CP(C)C.[CH3-].[Cl-].[Cl-].[V+4].c1cc[cH-]c1. The Balaban J connectivity index is -0.0000000242. The van der Waals surface area contributed by atoms with E-state index in [1.54, 1.807) is 0 Å². The van der Waals surface area contributed by atoms with Crippen molar-refractivity contribution in [3.8, 4) is 0 Å². The topological polar surface area (TPSA) is 0 Å². The van der Waals surface area contributed by atoms with Gasteiger partial charge in [0.05, 0.1) is 0 Å². The molecule has 0 aromatic heterocycles. The van der Waals surface area contributed by atoms with Crippen LogP contribution < -0.4 is 24.8 Å². The van der Waals surface area contributed by atoms with Gasteiger partial charge in [-0.1, -0.05) is 0 Å². The summed E-state index contributed by atoms with van der Waals surface area (Å²) in [5, 5.41) is 0. The van der Waals surface area contributed by atoms with E-state index in [-0.39, 0.29) is 50.8 Å². The summed E-state index contributed by atoms with van der Waals surface area (Å²) in [5.74, 6) is 0. The normalized spacial score (nSPS) is 6.59. The Morgan fingerprint density at radius 1 is 0.706 bits per heavy atom. The Morgan fingerprint density at radius 2 is 0.882 bits per heavy atom. The molecule has 1 rings (SSSR count). The van der Waals surface area contributed by atoms with E-state index in [4.69, 9.17) is 0 Å². The van der Waals surface area contributed by atoms with Gasteiger partial charge in [0.2, 0.25) is 0 Å². The maximum atomic E-state index is 2.23. The van der Waals surface area contributed by atoms with Crippen molar-refractivity contribution in [2.24, 2.45) is 0 Å². The smallest absolute Gasteiger partial charge is 1.00 e. The number of hydrogen-bond donors (Lipinski definition) is 0. The molecule has 0 saturated heterocycles. The van der Waals surface area contributed by atoms with Crippen LogP contribution in [-0.2, 0) is 18.6 Å². The molecule has 0 aliphatic carbocycles. The van der Waals surface area contributed by atoms with Crippen molar-refractivity contribution in [2.45, 2.75) is 0 Å². The summed E-state index contributed by atoms with van der Waals surface area (Å²) < 4.78 is 0. The molecular formula is C12H26Cl2P2V. The van der Waals surface area contributed by atoms with Crippen LogP contribution in [0.15, 0.2) is 30.3 Å². The van der Waals surface area contributed by atoms with Gasteiger partial charge in [0, 0.05) is 0 Å². The van der Waals surface area contributed by atoms with E-state index >= 15 is 0 Å². The summed E-state index contributed by atoms with van der Waals surface area (Å²) in [5.41, 5.74) is 0. The fourth-order valence-electron chi connectivity index (χ4n) is 0.321. The van der Waals surface area contributed by atoms with E-state index in [0.29, 0.717) is 15.8 Å². The molecule has 1 aromatic rings. The Kier molecular flexibility index (Phi) is 64.8. The van der Waals surface area contributed by atoms with Gasteiger partial charge in [-0.15, -0.1) is 15.8 Å². The molecule has 0 bridgehead atoms. The van der Waals surface area contributed by atoms with Crippen LogP contribution in [0.2, 0.25) is 0 Å². The monoisotopic (exact) mass is 353 g/mol. The van der Waals surface area contributed by atoms with Crippen LogP contribution in [-0.4, -0.2) is 40.0 Å². The average molecular weight is 354 g/mol. The van der Waals surface area contributed by atoms with Gasteiger partial charge in [0.15, 0.2) is 0 Å². The molecule has 0 nitrogen and oxygen atoms in total. The largest absolute Gasteiger partial charge is 4.00 e.